The highest BCUT2D eigenvalue weighted by molar-refractivity contribution is 9.11. The zero-order valence-electron chi connectivity index (χ0n) is 12.3. The molecule has 0 unspecified atom stereocenters. The Balaban J connectivity index is 1.90. The Labute approximate surface area is 146 Å². The van der Waals surface area contributed by atoms with Gasteiger partial charge in [0.05, 0.1) is 4.47 Å². The molecule has 2 rings (SSSR count). The highest BCUT2D eigenvalue weighted by Gasteiger charge is 2.09. The molecule has 0 amide bonds. The summed E-state index contributed by atoms with van der Waals surface area (Å²) in [7, 11) is 0. The van der Waals surface area contributed by atoms with Gasteiger partial charge < -0.3 is 9.47 Å². The number of hydrogen-bond acceptors (Lipinski definition) is 3. The SMILES string of the molecule is CC(C)c1ccc(OC(=O)COc2ccc(Br)cc2Br)cc1. The number of ether oxygens (including phenoxy) is 2. The van der Waals surface area contributed by atoms with Crippen molar-refractivity contribution in [2.24, 2.45) is 0 Å². The number of benzene rings is 2. The normalized spacial score (nSPS) is 10.6. The van der Waals surface area contributed by atoms with Gasteiger partial charge in [-0.15, -0.1) is 0 Å². The highest BCUT2D eigenvalue weighted by Crippen LogP contribution is 2.28. The third-order valence-electron chi connectivity index (χ3n) is 3.02. The lowest BCUT2D eigenvalue weighted by molar-refractivity contribution is -0.136. The smallest absolute Gasteiger partial charge is 0.349 e. The molecule has 0 N–H and O–H groups in total. The molecule has 2 aromatic carbocycles. The van der Waals surface area contributed by atoms with Gasteiger partial charge in [-0.25, -0.2) is 4.79 Å². The monoisotopic (exact) mass is 426 g/mol. The van der Waals surface area contributed by atoms with Crippen LogP contribution in [-0.4, -0.2) is 12.6 Å². The van der Waals surface area contributed by atoms with Crippen LogP contribution in [0.15, 0.2) is 51.4 Å². The van der Waals surface area contributed by atoms with Gasteiger partial charge in [0, 0.05) is 4.47 Å². The lowest BCUT2D eigenvalue weighted by Gasteiger charge is -2.09. The van der Waals surface area contributed by atoms with E-state index in [4.69, 9.17) is 9.47 Å². The summed E-state index contributed by atoms with van der Waals surface area (Å²) in [6, 6.07) is 13.0. The maximum absolute atomic E-state index is 11.8. The number of halogens is 2. The van der Waals surface area contributed by atoms with E-state index in [1.165, 1.54) is 5.56 Å². The van der Waals surface area contributed by atoms with Crippen LogP contribution in [0.1, 0.15) is 25.3 Å². The first-order valence-electron chi connectivity index (χ1n) is 6.84. The van der Waals surface area contributed by atoms with Gasteiger partial charge in [0.15, 0.2) is 6.61 Å². The van der Waals surface area contributed by atoms with Crippen LogP contribution < -0.4 is 9.47 Å². The molecule has 3 nitrogen and oxygen atoms in total. The van der Waals surface area contributed by atoms with Crippen LogP contribution in [0.25, 0.3) is 0 Å². The number of carbonyl (C=O) groups is 1. The summed E-state index contributed by atoms with van der Waals surface area (Å²) in [5.74, 6) is 1.12. The first kappa shape index (κ1) is 17.0. The van der Waals surface area contributed by atoms with Crippen molar-refractivity contribution in [3.8, 4) is 11.5 Å². The zero-order chi connectivity index (χ0) is 16.1. The quantitative estimate of drug-likeness (QED) is 0.478. The van der Waals surface area contributed by atoms with E-state index in [1.807, 2.05) is 24.3 Å². The van der Waals surface area contributed by atoms with Crippen LogP contribution >= 0.6 is 31.9 Å². The third-order valence-corrected chi connectivity index (χ3v) is 4.13. The van der Waals surface area contributed by atoms with E-state index >= 15 is 0 Å². The van der Waals surface area contributed by atoms with E-state index in [1.54, 1.807) is 18.2 Å². The summed E-state index contributed by atoms with van der Waals surface area (Å²) in [5.41, 5.74) is 1.20. The fraction of sp³-hybridized carbons (Fsp3) is 0.235. The lowest BCUT2D eigenvalue weighted by atomic mass is 10.0. The summed E-state index contributed by atoms with van der Waals surface area (Å²) >= 11 is 6.74. The van der Waals surface area contributed by atoms with Crippen molar-refractivity contribution >= 4 is 37.8 Å². The molecule has 0 heterocycles. The summed E-state index contributed by atoms with van der Waals surface area (Å²) in [4.78, 5) is 11.8. The zero-order valence-corrected chi connectivity index (χ0v) is 15.5. The molecule has 0 aromatic heterocycles. The molecule has 0 fully saturated rings. The van der Waals surface area contributed by atoms with Crippen molar-refractivity contribution < 1.29 is 14.3 Å². The Morgan fingerprint density at radius 2 is 1.77 bits per heavy atom. The Bertz CT molecular complexity index is 651. The maximum atomic E-state index is 11.8. The first-order chi connectivity index (χ1) is 10.5. The van der Waals surface area contributed by atoms with Crippen molar-refractivity contribution in [2.45, 2.75) is 19.8 Å². The standard InChI is InChI=1S/C17H16Br2O3/c1-11(2)12-3-6-14(7-4-12)22-17(20)10-21-16-8-5-13(18)9-15(16)19/h3-9,11H,10H2,1-2H3. The Kier molecular flexibility index (Phi) is 6.03. The Hall–Kier alpha value is -1.33. The van der Waals surface area contributed by atoms with Crippen LogP contribution in [0.4, 0.5) is 0 Å². The van der Waals surface area contributed by atoms with Gasteiger partial charge in [-0.2, -0.15) is 0 Å². The number of carbonyl (C=O) groups excluding carboxylic acids is 1. The molecule has 0 aliphatic heterocycles. The van der Waals surface area contributed by atoms with Gasteiger partial charge in [0.2, 0.25) is 0 Å². The average molecular weight is 428 g/mol. The molecule has 0 spiro atoms. The summed E-state index contributed by atoms with van der Waals surface area (Å²) in [6.45, 7) is 4.09. The molecule has 0 atom stereocenters. The molecule has 116 valence electrons. The van der Waals surface area contributed by atoms with Crippen molar-refractivity contribution in [1.82, 2.24) is 0 Å². The molecule has 2 aromatic rings. The van der Waals surface area contributed by atoms with Gasteiger partial charge in [-0.1, -0.05) is 41.9 Å². The van der Waals surface area contributed by atoms with Gasteiger partial charge in [-0.3, -0.25) is 0 Å². The Morgan fingerprint density at radius 3 is 2.36 bits per heavy atom. The van der Waals surface area contributed by atoms with Crippen LogP contribution in [-0.2, 0) is 4.79 Å². The number of rotatable bonds is 5. The van der Waals surface area contributed by atoms with E-state index in [-0.39, 0.29) is 6.61 Å². The minimum Gasteiger partial charge on any atom is -0.481 e. The van der Waals surface area contributed by atoms with Crippen LogP contribution in [0.2, 0.25) is 0 Å². The van der Waals surface area contributed by atoms with Crippen LogP contribution in [0, 0.1) is 0 Å². The minimum atomic E-state index is -0.438. The molecular weight excluding hydrogens is 412 g/mol. The Morgan fingerprint density at radius 1 is 1.09 bits per heavy atom. The van der Waals surface area contributed by atoms with Crippen molar-refractivity contribution in [3.63, 3.8) is 0 Å². The summed E-state index contributed by atoms with van der Waals surface area (Å²) in [6.07, 6.45) is 0. The fourth-order valence-electron chi connectivity index (χ4n) is 1.81. The van der Waals surface area contributed by atoms with E-state index in [0.717, 1.165) is 8.95 Å². The molecule has 0 aliphatic rings. The second-order valence-corrected chi connectivity index (χ2v) is 6.83. The van der Waals surface area contributed by atoms with E-state index in [0.29, 0.717) is 17.4 Å². The highest BCUT2D eigenvalue weighted by atomic mass is 79.9. The lowest BCUT2D eigenvalue weighted by Crippen LogP contribution is -2.17. The molecular formula is C17H16Br2O3. The van der Waals surface area contributed by atoms with E-state index < -0.39 is 5.97 Å². The second-order valence-electron chi connectivity index (χ2n) is 5.06. The minimum absolute atomic E-state index is 0.147. The molecule has 5 heteroatoms. The summed E-state index contributed by atoms with van der Waals surface area (Å²) < 4.78 is 12.4. The fourth-order valence-corrected chi connectivity index (χ4v) is 2.97. The topological polar surface area (TPSA) is 35.5 Å². The van der Waals surface area contributed by atoms with Crippen LogP contribution in [0.3, 0.4) is 0 Å². The molecule has 22 heavy (non-hydrogen) atoms. The third kappa shape index (κ3) is 4.85. The van der Waals surface area contributed by atoms with Gasteiger partial charge in [-0.05, 0) is 57.7 Å². The van der Waals surface area contributed by atoms with Crippen molar-refractivity contribution in [1.29, 1.82) is 0 Å². The molecule has 0 saturated heterocycles. The number of hydrogen-bond donors (Lipinski definition) is 0. The largest absolute Gasteiger partial charge is 0.481 e. The summed E-state index contributed by atoms with van der Waals surface area (Å²) in [5, 5.41) is 0. The van der Waals surface area contributed by atoms with E-state index in [2.05, 4.69) is 45.7 Å². The molecule has 0 radical (unpaired) electrons. The van der Waals surface area contributed by atoms with Crippen LogP contribution in [0.5, 0.6) is 11.5 Å². The average Bonchev–Trinajstić information content (AvgIpc) is 2.47. The second kappa shape index (κ2) is 7.79. The maximum Gasteiger partial charge on any atom is 0.349 e. The molecule has 0 saturated carbocycles. The first-order valence-corrected chi connectivity index (χ1v) is 8.43. The predicted octanol–water partition coefficient (Wildman–Crippen LogP) is 5.32. The molecule has 0 aliphatic carbocycles. The van der Waals surface area contributed by atoms with Gasteiger partial charge in [0.1, 0.15) is 11.5 Å². The van der Waals surface area contributed by atoms with Crippen molar-refractivity contribution in [3.05, 3.63) is 57.0 Å². The van der Waals surface area contributed by atoms with E-state index in [9.17, 15) is 4.79 Å². The van der Waals surface area contributed by atoms with Crippen molar-refractivity contribution in [2.75, 3.05) is 6.61 Å². The van der Waals surface area contributed by atoms with Gasteiger partial charge in [0.25, 0.3) is 0 Å². The van der Waals surface area contributed by atoms with Gasteiger partial charge >= 0.3 is 5.97 Å². The molecule has 0 bridgehead atoms. The number of esters is 1. The predicted molar refractivity (Wildman–Crippen MR) is 93.5 cm³/mol.